The molecule has 0 aliphatic rings. The predicted octanol–water partition coefficient (Wildman–Crippen LogP) is 4.17. The van der Waals surface area contributed by atoms with E-state index in [-0.39, 0.29) is 12.5 Å². The summed E-state index contributed by atoms with van der Waals surface area (Å²) in [5.74, 6) is 1.47. The van der Waals surface area contributed by atoms with Gasteiger partial charge in [-0.2, -0.15) is 0 Å². The van der Waals surface area contributed by atoms with E-state index < -0.39 is 0 Å². The Bertz CT molecular complexity index is 1250. The molecule has 0 saturated heterocycles. The lowest BCUT2D eigenvalue weighted by atomic mass is 10.1. The van der Waals surface area contributed by atoms with Gasteiger partial charge in [0.05, 0.1) is 25.5 Å². The number of ether oxygens (including phenoxy) is 3. The van der Waals surface area contributed by atoms with Crippen LogP contribution >= 0.6 is 0 Å². The Kier molecular flexibility index (Phi) is 6.26. The van der Waals surface area contributed by atoms with Gasteiger partial charge in [0.2, 0.25) is 0 Å². The molecule has 4 rings (SSSR count). The Morgan fingerprint density at radius 1 is 1.00 bits per heavy atom. The van der Waals surface area contributed by atoms with Crippen LogP contribution in [0, 0.1) is 6.92 Å². The Morgan fingerprint density at radius 2 is 1.81 bits per heavy atom. The van der Waals surface area contributed by atoms with Crippen LogP contribution in [0.5, 0.6) is 17.2 Å². The number of amides is 1. The summed E-state index contributed by atoms with van der Waals surface area (Å²) < 4.78 is 18.7. The van der Waals surface area contributed by atoms with Crippen LogP contribution in [-0.4, -0.2) is 29.5 Å². The van der Waals surface area contributed by atoms with E-state index >= 15 is 0 Å². The van der Waals surface area contributed by atoms with Gasteiger partial charge in [0.15, 0.2) is 11.5 Å². The summed E-state index contributed by atoms with van der Waals surface area (Å²) in [6.07, 6.45) is 3.88. The number of fused-ring (bicyclic) bond motifs is 1. The predicted molar refractivity (Wildman–Crippen MR) is 121 cm³/mol. The van der Waals surface area contributed by atoms with Crippen LogP contribution in [0.25, 0.3) is 5.65 Å². The minimum atomic E-state index is -0.240. The Labute approximate surface area is 186 Å². The third-order valence-corrected chi connectivity index (χ3v) is 5.16. The molecule has 4 aromatic rings. The van der Waals surface area contributed by atoms with E-state index in [1.807, 2.05) is 66.2 Å². The molecular weight excluding hydrogens is 406 g/mol. The fraction of sp³-hybridized carbons (Fsp3) is 0.200. The number of nitrogens with one attached hydrogen (secondary N) is 1. The summed E-state index contributed by atoms with van der Waals surface area (Å²) in [7, 11) is 3.16. The average Bonchev–Trinajstić information content (AvgIpc) is 3.25. The third kappa shape index (κ3) is 4.37. The standard InChI is InChI=1S/C25H25N3O4/c1-17-8-7-13-28-15-19(27-24(17)28)16-32-21-11-5-4-10-20(21)25(29)26-14-18-9-6-12-22(30-2)23(18)31-3/h4-13,15H,14,16H2,1-3H3,(H,26,29). The topological polar surface area (TPSA) is 74.1 Å². The second-order valence-corrected chi connectivity index (χ2v) is 7.27. The summed E-state index contributed by atoms with van der Waals surface area (Å²) in [5, 5.41) is 2.93. The number of methoxy groups -OCH3 is 2. The lowest BCUT2D eigenvalue weighted by Gasteiger charge is -2.14. The average molecular weight is 431 g/mol. The number of benzene rings is 2. The molecule has 32 heavy (non-hydrogen) atoms. The largest absolute Gasteiger partial charge is 0.493 e. The van der Waals surface area contributed by atoms with E-state index in [0.717, 1.165) is 22.5 Å². The number of hydrogen-bond acceptors (Lipinski definition) is 5. The van der Waals surface area contributed by atoms with Crippen molar-refractivity contribution in [3.8, 4) is 17.2 Å². The summed E-state index contributed by atoms with van der Waals surface area (Å²) in [4.78, 5) is 17.5. The molecule has 0 aliphatic heterocycles. The number of pyridine rings is 1. The minimum absolute atomic E-state index is 0.240. The van der Waals surface area contributed by atoms with Gasteiger partial charge in [0.1, 0.15) is 18.0 Å². The van der Waals surface area contributed by atoms with Crippen molar-refractivity contribution < 1.29 is 19.0 Å². The van der Waals surface area contributed by atoms with Crippen molar-refractivity contribution >= 4 is 11.6 Å². The number of hydrogen-bond donors (Lipinski definition) is 1. The van der Waals surface area contributed by atoms with Crippen LogP contribution in [-0.2, 0) is 13.2 Å². The number of nitrogens with zero attached hydrogens (tertiary/aromatic N) is 2. The molecule has 164 valence electrons. The van der Waals surface area contributed by atoms with Crippen molar-refractivity contribution in [2.45, 2.75) is 20.1 Å². The number of aryl methyl sites for hydroxylation is 1. The van der Waals surface area contributed by atoms with E-state index in [2.05, 4.69) is 10.3 Å². The van der Waals surface area contributed by atoms with Crippen LogP contribution < -0.4 is 19.5 Å². The van der Waals surface area contributed by atoms with Crippen molar-refractivity contribution in [3.05, 3.63) is 89.4 Å². The van der Waals surface area contributed by atoms with Crippen LogP contribution in [0.1, 0.15) is 27.2 Å². The van der Waals surface area contributed by atoms with E-state index in [9.17, 15) is 4.79 Å². The maximum absolute atomic E-state index is 12.9. The molecule has 1 N–H and O–H groups in total. The first-order valence-electron chi connectivity index (χ1n) is 10.2. The Hall–Kier alpha value is -4.00. The molecule has 2 aromatic carbocycles. The minimum Gasteiger partial charge on any atom is -0.493 e. The van der Waals surface area contributed by atoms with Gasteiger partial charge in [0.25, 0.3) is 5.91 Å². The van der Waals surface area contributed by atoms with Crippen molar-refractivity contribution in [2.75, 3.05) is 14.2 Å². The fourth-order valence-corrected chi connectivity index (χ4v) is 3.57. The van der Waals surface area contributed by atoms with Crippen LogP contribution in [0.3, 0.4) is 0 Å². The molecule has 0 saturated carbocycles. The molecule has 0 aliphatic carbocycles. The maximum Gasteiger partial charge on any atom is 0.255 e. The molecule has 0 radical (unpaired) electrons. The summed E-state index contributed by atoms with van der Waals surface area (Å²) in [6.45, 7) is 2.57. The SMILES string of the molecule is COc1cccc(CNC(=O)c2ccccc2OCc2cn3cccc(C)c3n2)c1OC. The van der Waals surface area contributed by atoms with Gasteiger partial charge in [-0.25, -0.2) is 4.98 Å². The van der Waals surface area contributed by atoms with Crippen LogP contribution in [0.4, 0.5) is 0 Å². The summed E-state index contributed by atoms with van der Waals surface area (Å²) in [6, 6.07) is 16.7. The van der Waals surface area contributed by atoms with Gasteiger partial charge in [-0.3, -0.25) is 4.79 Å². The quantitative estimate of drug-likeness (QED) is 0.453. The monoisotopic (exact) mass is 431 g/mol. The van der Waals surface area contributed by atoms with Gasteiger partial charge in [-0.1, -0.05) is 30.3 Å². The number of para-hydroxylation sites is 2. The first-order chi connectivity index (χ1) is 15.6. The van der Waals surface area contributed by atoms with Crippen LogP contribution in [0.2, 0.25) is 0 Å². The lowest BCUT2D eigenvalue weighted by Crippen LogP contribution is -2.23. The smallest absolute Gasteiger partial charge is 0.255 e. The molecule has 2 aromatic heterocycles. The summed E-state index contributed by atoms with van der Waals surface area (Å²) in [5.41, 5.74) is 4.04. The van der Waals surface area contributed by atoms with Gasteiger partial charge < -0.3 is 23.9 Å². The van der Waals surface area contributed by atoms with Crippen molar-refractivity contribution in [3.63, 3.8) is 0 Å². The van der Waals surface area contributed by atoms with Gasteiger partial charge in [0, 0.05) is 24.5 Å². The number of carbonyl (C=O) groups is 1. The highest BCUT2D eigenvalue weighted by atomic mass is 16.5. The number of rotatable bonds is 8. The normalized spacial score (nSPS) is 10.7. The molecule has 7 heteroatoms. The number of carbonyl (C=O) groups excluding carboxylic acids is 1. The highest BCUT2D eigenvalue weighted by molar-refractivity contribution is 5.96. The first-order valence-corrected chi connectivity index (χ1v) is 10.2. The maximum atomic E-state index is 12.9. The van der Waals surface area contributed by atoms with E-state index in [1.165, 1.54) is 0 Å². The molecule has 0 unspecified atom stereocenters. The zero-order valence-electron chi connectivity index (χ0n) is 18.3. The fourth-order valence-electron chi connectivity index (χ4n) is 3.57. The third-order valence-electron chi connectivity index (χ3n) is 5.16. The zero-order chi connectivity index (χ0) is 22.5. The molecule has 0 fully saturated rings. The highest BCUT2D eigenvalue weighted by Crippen LogP contribution is 2.30. The van der Waals surface area contributed by atoms with Gasteiger partial charge in [-0.05, 0) is 36.8 Å². The molecule has 2 heterocycles. The van der Waals surface area contributed by atoms with Gasteiger partial charge in [-0.15, -0.1) is 0 Å². The molecule has 7 nitrogen and oxygen atoms in total. The number of aromatic nitrogens is 2. The zero-order valence-corrected chi connectivity index (χ0v) is 18.3. The van der Waals surface area contributed by atoms with Crippen molar-refractivity contribution in [2.24, 2.45) is 0 Å². The summed E-state index contributed by atoms with van der Waals surface area (Å²) >= 11 is 0. The molecule has 1 amide bonds. The molecule has 0 bridgehead atoms. The molecule has 0 spiro atoms. The second kappa shape index (κ2) is 9.43. The van der Waals surface area contributed by atoms with E-state index in [1.54, 1.807) is 26.4 Å². The van der Waals surface area contributed by atoms with Crippen molar-refractivity contribution in [1.82, 2.24) is 14.7 Å². The van der Waals surface area contributed by atoms with E-state index in [0.29, 0.717) is 29.4 Å². The van der Waals surface area contributed by atoms with E-state index in [4.69, 9.17) is 14.2 Å². The lowest BCUT2D eigenvalue weighted by molar-refractivity contribution is 0.0946. The highest BCUT2D eigenvalue weighted by Gasteiger charge is 2.15. The second-order valence-electron chi connectivity index (χ2n) is 7.27. The van der Waals surface area contributed by atoms with Crippen LogP contribution in [0.15, 0.2) is 67.0 Å². The molecular formula is C25H25N3O4. The molecule has 0 atom stereocenters. The first kappa shape index (κ1) is 21.2. The Morgan fingerprint density at radius 3 is 2.59 bits per heavy atom. The number of imidazole rings is 1. The Balaban J connectivity index is 1.47. The van der Waals surface area contributed by atoms with Crippen molar-refractivity contribution in [1.29, 1.82) is 0 Å². The van der Waals surface area contributed by atoms with Gasteiger partial charge >= 0.3 is 0 Å².